The lowest BCUT2D eigenvalue weighted by Crippen LogP contribution is -2.33. The van der Waals surface area contributed by atoms with Gasteiger partial charge >= 0.3 is 6.09 Å². The van der Waals surface area contributed by atoms with Gasteiger partial charge in [0.1, 0.15) is 11.6 Å². The largest absolute Gasteiger partial charge is 0.428 e. The van der Waals surface area contributed by atoms with Gasteiger partial charge in [-0.3, -0.25) is 10.1 Å². The summed E-state index contributed by atoms with van der Waals surface area (Å²) in [5.41, 5.74) is -1.62. The molecule has 1 atom stereocenters. The quantitative estimate of drug-likeness (QED) is 0.607. The van der Waals surface area contributed by atoms with Crippen LogP contribution < -0.4 is 5.32 Å². The van der Waals surface area contributed by atoms with Gasteiger partial charge in [-0.1, -0.05) is 24.3 Å². The van der Waals surface area contributed by atoms with E-state index >= 15 is 4.39 Å². The van der Waals surface area contributed by atoms with Crippen molar-refractivity contribution in [3.8, 4) is 11.1 Å². The van der Waals surface area contributed by atoms with Crippen molar-refractivity contribution in [3.63, 3.8) is 0 Å². The molecule has 1 aliphatic carbocycles. The van der Waals surface area contributed by atoms with Crippen molar-refractivity contribution in [2.75, 3.05) is 0 Å². The zero-order valence-corrected chi connectivity index (χ0v) is 16.0. The van der Waals surface area contributed by atoms with Crippen molar-refractivity contribution in [2.24, 2.45) is 0 Å². The lowest BCUT2D eigenvalue weighted by atomic mass is 9.75. The molecule has 3 N–H and O–H groups in total. The highest BCUT2D eigenvalue weighted by Gasteiger charge is 2.48. The minimum Gasteiger partial charge on any atom is -0.428 e. The second-order valence-electron chi connectivity index (χ2n) is 8.01. The van der Waals surface area contributed by atoms with Crippen molar-refractivity contribution in [3.05, 3.63) is 59.3 Å². The SMILES string of the molecule is C[C@@]1(c2c[nH]c3cc(F)c(-c4ccc(C5(O)CCC5)cc4)c(F)c23)OC(=O)NC1=O. The van der Waals surface area contributed by atoms with Gasteiger partial charge in [-0.15, -0.1) is 0 Å². The highest BCUT2D eigenvalue weighted by atomic mass is 19.1. The molecule has 1 aliphatic heterocycles. The number of halogens is 2. The Morgan fingerprint density at radius 3 is 2.40 bits per heavy atom. The van der Waals surface area contributed by atoms with Crippen LogP contribution in [0.4, 0.5) is 13.6 Å². The highest BCUT2D eigenvalue weighted by Crippen LogP contribution is 2.43. The molecule has 30 heavy (non-hydrogen) atoms. The topological polar surface area (TPSA) is 91.4 Å². The van der Waals surface area contributed by atoms with Crippen LogP contribution >= 0.6 is 0 Å². The Labute approximate surface area is 169 Å². The number of hydrogen-bond acceptors (Lipinski definition) is 4. The molecule has 1 saturated heterocycles. The Kier molecular flexibility index (Phi) is 3.82. The first kappa shape index (κ1) is 18.7. The number of cyclic esters (lactones) is 1. The first-order valence-corrected chi connectivity index (χ1v) is 9.60. The van der Waals surface area contributed by atoms with Gasteiger partial charge in [0.2, 0.25) is 5.60 Å². The normalized spacial score (nSPS) is 22.7. The average Bonchev–Trinajstić information content (AvgIpc) is 3.21. The predicted molar refractivity (Wildman–Crippen MR) is 103 cm³/mol. The Morgan fingerprint density at radius 2 is 1.83 bits per heavy atom. The molecule has 0 unspecified atom stereocenters. The Bertz CT molecular complexity index is 1210. The smallest absolute Gasteiger partial charge is 0.415 e. The first-order valence-electron chi connectivity index (χ1n) is 9.60. The monoisotopic (exact) mass is 412 g/mol. The van der Waals surface area contributed by atoms with Gasteiger partial charge in [0.25, 0.3) is 5.91 Å². The summed E-state index contributed by atoms with van der Waals surface area (Å²) in [5.74, 6) is -2.37. The highest BCUT2D eigenvalue weighted by molar-refractivity contribution is 6.06. The van der Waals surface area contributed by atoms with Gasteiger partial charge in [-0.2, -0.15) is 0 Å². The van der Waals surface area contributed by atoms with E-state index in [9.17, 15) is 19.1 Å². The average molecular weight is 412 g/mol. The second-order valence-corrected chi connectivity index (χ2v) is 8.01. The molecule has 3 aromatic rings. The lowest BCUT2D eigenvalue weighted by molar-refractivity contribution is -0.130. The number of alkyl carbamates (subject to hydrolysis) is 1. The molecule has 0 bridgehead atoms. The van der Waals surface area contributed by atoms with Crippen LogP contribution in [0.5, 0.6) is 0 Å². The molecule has 5 rings (SSSR count). The molecule has 2 fully saturated rings. The van der Waals surface area contributed by atoms with Gasteiger partial charge in [0.15, 0.2) is 0 Å². The Hall–Kier alpha value is -3.26. The summed E-state index contributed by atoms with van der Waals surface area (Å²) in [4.78, 5) is 26.5. The first-order chi connectivity index (χ1) is 14.2. The van der Waals surface area contributed by atoms with E-state index in [0.29, 0.717) is 24.0 Å². The number of fused-ring (bicyclic) bond motifs is 1. The summed E-state index contributed by atoms with van der Waals surface area (Å²) in [6.07, 6.45) is 2.67. The van der Waals surface area contributed by atoms with Crippen LogP contribution in [0.15, 0.2) is 36.5 Å². The number of carbonyl (C=O) groups is 2. The van der Waals surface area contributed by atoms with E-state index < -0.39 is 34.8 Å². The number of H-pyrrole nitrogens is 1. The maximum absolute atomic E-state index is 15.6. The molecule has 2 aliphatic rings. The van der Waals surface area contributed by atoms with Crippen molar-refractivity contribution >= 4 is 22.9 Å². The van der Waals surface area contributed by atoms with Crippen LogP contribution in [0.1, 0.15) is 37.3 Å². The maximum atomic E-state index is 15.6. The number of aromatic amines is 1. The van der Waals surface area contributed by atoms with E-state index in [2.05, 4.69) is 4.98 Å². The molecular formula is C22H18F2N2O4. The molecule has 2 heterocycles. The third-order valence-electron chi connectivity index (χ3n) is 6.21. The molecule has 8 heteroatoms. The van der Waals surface area contributed by atoms with E-state index in [1.807, 2.05) is 5.32 Å². The molecule has 0 radical (unpaired) electrons. The Morgan fingerprint density at radius 1 is 1.13 bits per heavy atom. The van der Waals surface area contributed by atoms with E-state index in [1.54, 1.807) is 24.3 Å². The Balaban J connectivity index is 1.65. The van der Waals surface area contributed by atoms with E-state index in [4.69, 9.17) is 4.74 Å². The molecule has 2 amide bonds. The lowest BCUT2D eigenvalue weighted by Gasteiger charge is -2.37. The fourth-order valence-corrected chi connectivity index (χ4v) is 4.25. The van der Waals surface area contributed by atoms with Gasteiger partial charge < -0.3 is 14.8 Å². The van der Waals surface area contributed by atoms with Crippen molar-refractivity contribution in [1.82, 2.24) is 10.3 Å². The fourth-order valence-electron chi connectivity index (χ4n) is 4.25. The summed E-state index contributed by atoms with van der Waals surface area (Å²) in [6.45, 7) is 1.35. The van der Waals surface area contributed by atoms with Crippen molar-refractivity contribution < 1.29 is 28.2 Å². The van der Waals surface area contributed by atoms with Crippen LogP contribution in [-0.2, 0) is 20.7 Å². The van der Waals surface area contributed by atoms with Crippen LogP contribution in [0.2, 0.25) is 0 Å². The standard InChI is InChI=1S/C22H18F2N2O4/c1-21(19(27)26-20(28)30-21)13-10-25-15-9-14(23)16(18(24)17(13)15)11-3-5-12(6-4-11)22(29)7-2-8-22/h3-6,9-10,25,29H,2,7-8H2,1H3,(H,26,27,28)/t21-/m0/s1. The molecule has 2 aromatic carbocycles. The maximum Gasteiger partial charge on any atom is 0.415 e. The predicted octanol–water partition coefficient (Wildman–Crippen LogP) is 3.97. The number of amides is 2. The van der Waals surface area contributed by atoms with Crippen molar-refractivity contribution in [2.45, 2.75) is 37.4 Å². The van der Waals surface area contributed by atoms with Gasteiger partial charge in [0.05, 0.1) is 16.7 Å². The number of benzene rings is 2. The number of imide groups is 1. The number of ether oxygens (including phenoxy) is 1. The summed E-state index contributed by atoms with van der Waals surface area (Å²) in [5, 5.41) is 12.5. The molecule has 6 nitrogen and oxygen atoms in total. The van der Waals surface area contributed by atoms with Crippen LogP contribution in [0.25, 0.3) is 22.0 Å². The van der Waals surface area contributed by atoms with Gasteiger partial charge in [-0.05, 0) is 43.4 Å². The van der Waals surface area contributed by atoms with Gasteiger partial charge in [-0.25, -0.2) is 13.6 Å². The number of carbonyl (C=O) groups excluding carboxylic acids is 2. The third-order valence-corrected chi connectivity index (χ3v) is 6.21. The molecular weight excluding hydrogens is 394 g/mol. The second kappa shape index (κ2) is 6.12. The van der Waals surface area contributed by atoms with E-state index in [0.717, 1.165) is 12.5 Å². The molecule has 1 saturated carbocycles. The fraction of sp³-hybridized carbons (Fsp3) is 0.273. The van der Waals surface area contributed by atoms with E-state index in [-0.39, 0.29) is 22.0 Å². The van der Waals surface area contributed by atoms with Crippen LogP contribution in [0, 0.1) is 11.6 Å². The molecule has 1 aromatic heterocycles. The summed E-state index contributed by atoms with van der Waals surface area (Å²) >= 11 is 0. The minimum atomic E-state index is -1.73. The van der Waals surface area contributed by atoms with Crippen LogP contribution in [0.3, 0.4) is 0 Å². The zero-order chi connectivity index (χ0) is 21.3. The summed E-state index contributed by atoms with van der Waals surface area (Å²) < 4.78 is 35.5. The van der Waals surface area contributed by atoms with E-state index in [1.165, 1.54) is 13.1 Å². The number of nitrogens with one attached hydrogen (secondary N) is 2. The summed E-state index contributed by atoms with van der Waals surface area (Å²) in [6, 6.07) is 7.61. The zero-order valence-electron chi connectivity index (χ0n) is 16.0. The third kappa shape index (κ3) is 2.50. The number of aromatic nitrogens is 1. The number of rotatable bonds is 3. The molecule has 0 spiro atoms. The number of hydrogen-bond donors (Lipinski definition) is 3. The van der Waals surface area contributed by atoms with Crippen molar-refractivity contribution in [1.29, 1.82) is 0 Å². The minimum absolute atomic E-state index is 0.0274. The number of aliphatic hydroxyl groups is 1. The van der Waals surface area contributed by atoms with Crippen LogP contribution in [-0.4, -0.2) is 22.1 Å². The summed E-state index contributed by atoms with van der Waals surface area (Å²) in [7, 11) is 0. The molecule has 154 valence electrons. The van der Waals surface area contributed by atoms with Gasteiger partial charge in [0, 0.05) is 17.1 Å².